The first-order chi connectivity index (χ1) is 10.7. The Kier molecular flexibility index (Phi) is 5.56. The Morgan fingerprint density at radius 3 is 2.35 bits per heavy atom. The summed E-state index contributed by atoms with van der Waals surface area (Å²) in [4.78, 5) is 8.64. The van der Waals surface area contributed by atoms with Crippen LogP contribution in [0.25, 0.3) is 11.3 Å². The molecule has 0 spiro atoms. The average Bonchev–Trinajstić information content (AvgIpc) is 2.49. The van der Waals surface area contributed by atoms with Gasteiger partial charge in [-0.3, -0.25) is 4.72 Å². The van der Waals surface area contributed by atoms with Gasteiger partial charge in [-0.25, -0.2) is 22.8 Å². The zero-order valence-electron chi connectivity index (χ0n) is 13.0. The third-order valence-corrected chi connectivity index (χ3v) is 5.49. The standard InChI is InChI=1S/C15H17FIN3O2S/c1-4-23(21,22)20-15-18-13(9(2)3)12(17)14(19-15)10-5-7-11(16)8-6-10/h5-9H,4H2,1-3H3,(H,18,19,20). The fourth-order valence-corrected chi connectivity index (χ4v) is 3.59. The smallest absolute Gasteiger partial charge is 0.237 e. The van der Waals surface area contributed by atoms with Crippen molar-refractivity contribution in [1.29, 1.82) is 0 Å². The second-order valence-corrected chi connectivity index (χ2v) is 8.35. The van der Waals surface area contributed by atoms with Crippen molar-refractivity contribution >= 4 is 38.6 Å². The van der Waals surface area contributed by atoms with Crippen molar-refractivity contribution in [3.63, 3.8) is 0 Å². The maximum atomic E-state index is 13.1. The molecule has 0 aliphatic rings. The molecule has 0 fully saturated rings. The summed E-state index contributed by atoms with van der Waals surface area (Å²) in [5.41, 5.74) is 2.03. The summed E-state index contributed by atoms with van der Waals surface area (Å²) < 4.78 is 39.9. The van der Waals surface area contributed by atoms with Crippen molar-refractivity contribution in [2.24, 2.45) is 0 Å². The highest BCUT2D eigenvalue weighted by Crippen LogP contribution is 2.30. The van der Waals surface area contributed by atoms with Gasteiger partial charge in [0.15, 0.2) is 0 Å². The Bertz CT molecular complexity index is 808. The fraction of sp³-hybridized carbons (Fsp3) is 0.333. The van der Waals surface area contributed by atoms with E-state index in [0.29, 0.717) is 11.3 Å². The summed E-state index contributed by atoms with van der Waals surface area (Å²) in [7, 11) is -3.47. The van der Waals surface area contributed by atoms with Gasteiger partial charge >= 0.3 is 0 Å². The van der Waals surface area contributed by atoms with Crippen molar-refractivity contribution < 1.29 is 12.8 Å². The van der Waals surface area contributed by atoms with E-state index < -0.39 is 10.0 Å². The molecule has 0 saturated heterocycles. The molecule has 0 radical (unpaired) electrons. The van der Waals surface area contributed by atoms with Crippen LogP contribution in [0.2, 0.25) is 0 Å². The van der Waals surface area contributed by atoms with Gasteiger partial charge in [0, 0.05) is 5.56 Å². The highest BCUT2D eigenvalue weighted by atomic mass is 127. The predicted molar refractivity (Wildman–Crippen MR) is 97.3 cm³/mol. The van der Waals surface area contributed by atoms with Crippen LogP contribution in [0, 0.1) is 9.39 Å². The highest BCUT2D eigenvalue weighted by Gasteiger charge is 2.18. The number of sulfonamides is 1. The number of halogens is 2. The van der Waals surface area contributed by atoms with Gasteiger partial charge in [0.05, 0.1) is 20.7 Å². The Morgan fingerprint density at radius 2 is 1.83 bits per heavy atom. The monoisotopic (exact) mass is 449 g/mol. The van der Waals surface area contributed by atoms with E-state index in [9.17, 15) is 12.8 Å². The number of hydrogen-bond acceptors (Lipinski definition) is 4. The Morgan fingerprint density at radius 1 is 1.22 bits per heavy atom. The third-order valence-electron chi connectivity index (χ3n) is 3.17. The summed E-state index contributed by atoms with van der Waals surface area (Å²) in [6.07, 6.45) is 0. The molecule has 5 nitrogen and oxygen atoms in total. The van der Waals surface area contributed by atoms with E-state index in [0.717, 1.165) is 9.26 Å². The van der Waals surface area contributed by atoms with Crippen LogP contribution in [0.3, 0.4) is 0 Å². The maximum absolute atomic E-state index is 13.1. The minimum absolute atomic E-state index is 0.0373. The first-order valence-electron chi connectivity index (χ1n) is 7.07. The molecule has 0 bridgehead atoms. The zero-order valence-corrected chi connectivity index (χ0v) is 15.9. The molecular weight excluding hydrogens is 432 g/mol. The summed E-state index contributed by atoms with van der Waals surface area (Å²) in [5, 5.41) is 0. The van der Waals surface area contributed by atoms with Gasteiger partial charge in [0.25, 0.3) is 0 Å². The highest BCUT2D eigenvalue weighted by molar-refractivity contribution is 14.1. The average molecular weight is 449 g/mol. The number of anilines is 1. The van der Waals surface area contributed by atoms with Gasteiger partial charge in [0.1, 0.15) is 5.82 Å². The zero-order chi connectivity index (χ0) is 17.2. The summed E-state index contributed by atoms with van der Waals surface area (Å²) in [6.45, 7) is 5.48. The molecule has 2 aromatic rings. The van der Waals surface area contributed by atoms with Gasteiger partial charge < -0.3 is 0 Å². The summed E-state index contributed by atoms with van der Waals surface area (Å²) in [5.74, 6) is -0.274. The quantitative estimate of drug-likeness (QED) is 0.706. The molecule has 0 aliphatic heterocycles. The molecule has 0 amide bonds. The SMILES string of the molecule is CCS(=O)(=O)Nc1nc(-c2ccc(F)cc2)c(I)c(C(C)C)n1. The summed E-state index contributed by atoms with van der Waals surface area (Å²) >= 11 is 2.14. The number of nitrogens with one attached hydrogen (secondary N) is 1. The van der Waals surface area contributed by atoms with Gasteiger partial charge in [-0.05, 0) is 59.7 Å². The van der Waals surface area contributed by atoms with Gasteiger partial charge in [-0.15, -0.1) is 0 Å². The van der Waals surface area contributed by atoms with Crippen LogP contribution in [0.15, 0.2) is 24.3 Å². The van der Waals surface area contributed by atoms with Gasteiger partial charge in [-0.1, -0.05) is 13.8 Å². The number of aromatic nitrogens is 2. The van der Waals surface area contributed by atoms with Gasteiger partial charge in [-0.2, -0.15) is 0 Å². The molecular formula is C15H17FIN3O2S. The predicted octanol–water partition coefficient (Wildman–Crippen LogP) is 3.77. The topological polar surface area (TPSA) is 72.0 Å². The van der Waals surface area contributed by atoms with Crippen molar-refractivity contribution in [2.45, 2.75) is 26.7 Å². The van der Waals surface area contributed by atoms with Crippen LogP contribution >= 0.6 is 22.6 Å². The molecule has 0 unspecified atom stereocenters. The number of benzene rings is 1. The molecule has 0 saturated carbocycles. The number of rotatable bonds is 5. The van der Waals surface area contributed by atoms with E-state index in [-0.39, 0.29) is 23.4 Å². The molecule has 1 aromatic heterocycles. The van der Waals surface area contributed by atoms with Crippen molar-refractivity contribution in [1.82, 2.24) is 9.97 Å². The van der Waals surface area contributed by atoms with Crippen LogP contribution in [0.1, 0.15) is 32.4 Å². The summed E-state index contributed by atoms with van der Waals surface area (Å²) in [6, 6.07) is 5.92. The Labute approximate surface area is 148 Å². The number of nitrogens with zero attached hydrogens (tertiary/aromatic N) is 2. The minimum atomic E-state index is -3.47. The van der Waals surface area contributed by atoms with Crippen LogP contribution in [0.4, 0.5) is 10.3 Å². The van der Waals surface area contributed by atoms with E-state index in [4.69, 9.17) is 0 Å². The van der Waals surface area contributed by atoms with Crippen LogP contribution < -0.4 is 4.72 Å². The first kappa shape index (κ1) is 18.1. The first-order valence-corrected chi connectivity index (χ1v) is 9.80. The van der Waals surface area contributed by atoms with E-state index >= 15 is 0 Å². The van der Waals surface area contributed by atoms with Crippen molar-refractivity contribution in [3.05, 3.63) is 39.3 Å². The normalized spacial score (nSPS) is 11.7. The Hall–Kier alpha value is -1.29. The maximum Gasteiger partial charge on any atom is 0.237 e. The molecule has 1 aromatic carbocycles. The van der Waals surface area contributed by atoms with Crippen LogP contribution in [-0.4, -0.2) is 24.1 Å². The molecule has 0 atom stereocenters. The lowest BCUT2D eigenvalue weighted by atomic mass is 10.1. The molecule has 23 heavy (non-hydrogen) atoms. The van der Waals surface area contributed by atoms with E-state index in [1.165, 1.54) is 12.1 Å². The lowest BCUT2D eigenvalue weighted by molar-refractivity contribution is 0.602. The molecule has 124 valence electrons. The number of hydrogen-bond donors (Lipinski definition) is 1. The minimum Gasteiger partial charge on any atom is -0.251 e. The van der Waals surface area contributed by atoms with Gasteiger partial charge in [0.2, 0.25) is 16.0 Å². The lowest BCUT2D eigenvalue weighted by Gasteiger charge is -2.14. The molecule has 0 aliphatic carbocycles. The van der Waals surface area contributed by atoms with E-state index in [1.54, 1.807) is 19.1 Å². The van der Waals surface area contributed by atoms with Crippen LogP contribution in [-0.2, 0) is 10.0 Å². The second kappa shape index (κ2) is 7.08. The van der Waals surface area contributed by atoms with E-state index in [2.05, 4.69) is 37.3 Å². The fourth-order valence-electron chi connectivity index (χ4n) is 1.90. The molecule has 1 N–H and O–H groups in total. The van der Waals surface area contributed by atoms with Crippen LogP contribution in [0.5, 0.6) is 0 Å². The Balaban J connectivity index is 2.61. The van der Waals surface area contributed by atoms with E-state index in [1.807, 2.05) is 13.8 Å². The van der Waals surface area contributed by atoms with Crippen molar-refractivity contribution in [2.75, 3.05) is 10.5 Å². The second-order valence-electron chi connectivity index (χ2n) is 5.26. The third kappa shape index (κ3) is 4.37. The molecule has 1 heterocycles. The van der Waals surface area contributed by atoms with Crippen molar-refractivity contribution in [3.8, 4) is 11.3 Å². The lowest BCUT2D eigenvalue weighted by Crippen LogP contribution is -2.18. The largest absolute Gasteiger partial charge is 0.251 e. The molecule has 2 rings (SSSR count). The molecule has 8 heteroatoms.